The Morgan fingerprint density at radius 2 is 1.86 bits per heavy atom. The third-order valence-corrected chi connectivity index (χ3v) is 6.82. The van der Waals surface area contributed by atoms with Gasteiger partial charge in [-0.3, -0.25) is 0 Å². The van der Waals surface area contributed by atoms with Crippen LogP contribution in [0.3, 0.4) is 0 Å². The van der Waals surface area contributed by atoms with Gasteiger partial charge >= 0.3 is 11.9 Å². The Morgan fingerprint density at radius 1 is 1.08 bits per heavy atom. The molecule has 4 rings (SSSR count). The van der Waals surface area contributed by atoms with Crippen LogP contribution in [0.25, 0.3) is 11.1 Å². The Labute approximate surface area is 217 Å². The molecule has 0 bridgehead atoms. The van der Waals surface area contributed by atoms with E-state index in [0.717, 1.165) is 25.1 Å². The number of rotatable bonds is 9. The van der Waals surface area contributed by atoms with Gasteiger partial charge in [0.05, 0.1) is 11.6 Å². The van der Waals surface area contributed by atoms with E-state index >= 15 is 0 Å². The van der Waals surface area contributed by atoms with E-state index in [1.54, 1.807) is 48.5 Å². The van der Waals surface area contributed by atoms with Crippen molar-refractivity contribution in [2.45, 2.75) is 36.8 Å². The first kappa shape index (κ1) is 26.3. The molecule has 9 heteroatoms. The van der Waals surface area contributed by atoms with Gasteiger partial charge < -0.3 is 14.8 Å². The smallest absolute Gasteiger partial charge is 0.345 e. The van der Waals surface area contributed by atoms with Gasteiger partial charge in [-0.25, -0.2) is 18.4 Å². The lowest BCUT2D eigenvalue weighted by Gasteiger charge is -2.12. The number of halogens is 2. The van der Waals surface area contributed by atoms with E-state index in [9.17, 15) is 18.4 Å². The second kappa shape index (κ2) is 12.5. The highest BCUT2D eigenvalue weighted by Crippen LogP contribution is 2.34. The van der Waals surface area contributed by atoms with Gasteiger partial charge in [0.1, 0.15) is 18.4 Å². The predicted molar refractivity (Wildman–Crippen MR) is 135 cm³/mol. The molecule has 1 aliphatic heterocycles. The molecule has 0 spiro atoms. The number of benzene rings is 3. The van der Waals surface area contributed by atoms with Gasteiger partial charge in [0.15, 0.2) is 11.6 Å². The van der Waals surface area contributed by atoms with Crippen molar-refractivity contribution >= 4 is 23.7 Å². The van der Waals surface area contributed by atoms with Gasteiger partial charge in [-0.2, -0.15) is 5.26 Å². The molecule has 1 heterocycles. The molecule has 0 amide bonds. The fraction of sp³-hybridized carbons (Fsp3) is 0.250. The van der Waals surface area contributed by atoms with Crippen molar-refractivity contribution < 1.29 is 27.8 Å². The molecule has 1 saturated heterocycles. The van der Waals surface area contributed by atoms with Crippen LogP contribution >= 0.6 is 11.8 Å². The Kier molecular flexibility index (Phi) is 8.88. The quantitative estimate of drug-likeness (QED) is 0.168. The molecule has 3 aromatic rings. The Balaban J connectivity index is 1.39. The van der Waals surface area contributed by atoms with E-state index < -0.39 is 29.6 Å². The van der Waals surface area contributed by atoms with Crippen LogP contribution in [0, 0.1) is 23.0 Å². The molecule has 1 fully saturated rings. The molecule has 1 aliphatic rings. The summed E-state index contributed by atoms with van der Waals surface area (Å²) >= 11 is 1.29. The molecule has 0 radical (unpaired) electrons. The Morgan fingerprint density at radius 3 is 2.59 bits per heavy atom. The minimum Gasteiger partial charge on any atom is -0.489 e. The molecule has 6 nitrogen and oxygen atoms in total. The van der Waals surface area contributed by atoms with Crippen molar-refractivity contribution in [2.75, 3.05) is 12.3 Å². The zero-order valence-electron chi connectivity index (χ0n) is 19.8. The summed E-state index contributed by atoms with van der Waals surface area (Å²) in [5, 5.41) is 11.8. The molecule has 0 saturated carbocycles. The summed E-state index contributed by atoms with van der Waals surface area (Å²) in [5.41, 5.74) is 2.17. The van der Waals surface area contributed by atoms with Crippen molar-refractivity contribution in [3.05, 3.63) is 83.4 Å². The summed E-state index contributed by atoms with van der Waals surface area (Å²) < 4.78 is 38.6. The zero-order chi connectivity index (χ0) is 26.2. The van der Waals surface area contributed by atoms with E-state index in [4.69, 9.17) is 14.7 Å². The maximum absolute atomic E-state index is 13.9. The maximum atomic E-state index is 13.9. The maximum Gasteiger partial charge on any atom is 0.345 e. The van der Waals surface area contributed by atoms with Crippen LogP contribution in [-0.2, 0) is 16.1 Å². The lowest BCUT2D eigenvalue weighted by molar-refractivity contribution is -0.139. The van der Waals surface area contributed by atoms with Crippen molar-refractivity contribution in [3.8, 4) is 22.9 Å². The van der Waals surface area contributed by atoms with Gasteiger partial charge in [-0.05, 0) is 72.5 Å². The Hall–Kier alpha value is -3.74. The highest BCUT2D eigenvalue weighted by molar-refractivity contribution is 7.99. The largest absolute Gasteiger partial charge is 0.489 e. The number of esters is 2. The molecule has 3 aromatic carbocycles. The number of nitriles is 1. The third kappa shape index (κ3) is 6.94. The average Bonchev–Trinajstić information content (AvgIpc) is 3.45. The second-order valence-electron chi connectivity index (χ2n) is 8.39. The summed E-state index contributed by atoms with van der Waals surface area (Å²) in [5.74, 6) is -2.15. The molecule has 0 aromatic heterocycles. The summed E-state index contributed by atoms with van der Waals surface area (Å²) in [4.78, 5) is 25.0. The standard InChI is InChI=1S/C28H24F2N2O4S/c29-23-15-22(26(16-24(23)30)37-13-3-11-31)19-7-9-21(10-8-19)35-17-18-4-1-5-20(14-18)27(33)36-28(34)25-6-2-12-32-25/h1,4-5,7-10,14-16,25,32H,2-3,6,12-13,17H2/t25-/m0/s1. The number of hydrogen-bond donors (Lipinski definition) is 1. The SMILES string of the molecule is N#CCCSc1cc(F)c(F)cc1-c1ccc(OCc2cccc(C(=O)OC(=O)[C@@H]3CCCN3)c2)cc1. The van der Waals surface area contributed by atoms with E-state index in [1.807, 2.05) is 6.07 Å². The van der Waals surface area contributed by atoms with Crippen LogP contribution in [0.5, 0.6) is 5.75 Å². The molecule has 1 atom stereocenters. The minimum absolute atomic E-state index is 0.166. The van der Waals surface area contributed by atoms with Crippen LogP contribution in [0.15, 0.2) is 65.6 Å². The summed E-state index contributed by atoms with van der Waals surface area (Å²) in [6.45, 7) is 0.893. The number of thioether (sulfide) groups is 1. The number of nitrogens with zero attached hydrogens (tertiary/aromatic N) is 1. The van der Waals surface area contributed by atoms with Crippen LogP contribution < -0.4 is 10.1 Å². The monoisotopic (exact) mass is 522 g/mol. The molecule has 1 N–H and O–H groups in total. The van der Waals surface area contributed by atoms with Gasteiger partial charge in [0.25, 0.3) is 0 Å². The average molecular weight is 523 g/mol. The highest BCUT2D eigenvalue weighted by atomic mass is 32.2. The summed E-state index contributed by atoms with van der Waals surface area (Å²) in [6, 6.07) is 17.5. The fourth-order valence-electron chi connectivity index (χ4n) is 3.87. The number of carbonyl (C=O) groups is 2. The summed E-state index contributed by atoms with van der Waals surface area (Å²) in [6.07, 6.45) is 1.81. The number of carbonyl (C=O) groups excluding carboxylic acids is 2. The molecular weight excluding hydrogens is 498 g/mol. The van der Waals surface area contributed by atoms with Crippen LogP contribution in [0.2, 0.25) is 0 Å². The molecular formula is C28H24F2N2O4S. The Bertz CT molecular complexity index is 1320. The first-order valence-electron chi connectivity index (χ1n) is 11.7. The topological polar surface area (TPSA) is 88.4 Å². The number of ether oxygens (including phenoxy) is 2. The van der Waals surface area contributed by atoms with Crippen molar-refractivity contribution in [2.24, 2.45) is 0 Å². The van der Waals surface area contributed by atoms with Gasteiger partial charge in [0.2, 0.25) is 0 Å². The van der Waals surface area contributed by atoms with E-state index in [-0.39, 0.29) is 12.2 Å². The van der Waals surface area contributed by atoms with Crippen LogP contribution in [0.1, 0.15) is 35.2 Å². The number of nitrogens with one attached hydrogen (secondary N) is 1. The van der Waals surface area contributed by atoms with Crippen molar-refractivity contribution in [3.63, 3.8) is 0 Å². The van der Waals surface area contributed by atoms with Crippen LogP contribution in [0.4, 0.5) is 8.78 Å². The molecule has 0 aliphatic carbocycles. The number of hydrogen-bond acceptors (Lipinski definition) is 7. The lowest BCUT2D eigenvalue weighted by atomic mass is 10.1. The molecule has 190 valence electrons. The van der Waals surface area contributed by atoms with E-state index in [2.05, 4.69) is 5.32 Å². The van der Waals surface area contributed by atoms with E-state index in [1.165, 1.54) is 11.8 Å². The van der Waals surface area contributed by atoms with Gasteiger partial charge in [-0.15, -0.1) is 11.8 Å². The van der Waals surface area contributed by atoms with Gasteiger partial charge in [0, 0.05) is 17.1 Å². The summed E-state index contributed by atoms with van der Waals surface area (Å²) in [7, 11) is 0. The fourth-order valence-corrected chi connectivity index (χ4v) is 4.81. The molecule has 0 unspecified atom stereocenters. The minimum atomic E-state index is -0.945. The van der Waals surface area contributed by atoms with Gasteiger partial charge in [-0.1, -0.05) is 24.3 Å². The van der Waals surface area contributed by atoms with Crippen molar-refractivity contribution in [1.29, 1.82) is 5.26 Å². The van der Waals surface area contributed by atoms with Crippen LogP contribution in [-0.4, -0.2) is 30.3 Å². The third-order valence-electron chi connectivity index (χ3n) is 5.77. The normalized spacial score (nSPS) is 14.7. The predicted octanol–water partition coefficient (Wildman–Crippen LogP) is 5.65. The zero-order valence-corrected chi connectivity index (χ0v) is 20.7. The second-order valence-corrected chi connectivity index (χ2v) is 9.53. The van der Waals surface area contributed by atoms with Crippen molar-refractivity contribution in [1.82, 2.24) is 5.32 Å². The molecule has 37 heavy (non-hydrogen) atoms. The lowest BCUT2D eigenvalue weighted by Crippen LogP contribution is -2.33. The highest BCUT2D eigenvalue weighted by Gasteiger charge is 2.26. The first-order chi connectivity index (χ1) is 17.9. The first-order valence-corrected chi connectivity index (χ1v) is 12.7. The van der Waals surface area contributed by atoms with E-state index in [0.29, 0.717) is 45.9 Å².